The quantitative estimate of drug-likeness (QED) is 0.112. The Morgan fingerprint density at radius 2 is 1.13 bits per heavy atom. The summed E-state index contributed by atoms with van der Waals surface area (Å²) in [6, 6.07) is 44.6. The number of benzene rings is 5. The third-order valence-corrected chi connectivity index (χ3v) is 8.67. The molecule has 0 aliphatic heterocycles. The average molecular weight is 684 g/mol. The molecule has 0 saturated heterocycles. The van der Waals surface area contributed by atoms with E-state index in [0.29, 0.717) is 22.5 Å². The molecule has 8 heteroatoms. The van der Waals surface area contributed by atoms with Gasteiger partial charge in [0.25, 0.3) is 0 Å². The van der Waals surface area contributed by atoms with Crippen LogP contribution >= 0.6 is 0 Å². The van der Waals surface area contributed by atoms with Crippen LogP contribution in [0.5, 0.6) is 0 Å². The Bertz CT molecular complexity index is 2280. The minimum atomic E-state index is -0.415. The molecule has 0 spiro atoms. The van der Waals surface area contributed by atoms with Crippen molar-refractivity contribution in [3.05, 3.63) is 186 Å². The average Bonchev–Trinajstić information content (AvgIpc) is 3.15. The smallest absolute Gasteiger partial charge is 0.221 e. The van der Waals surface area contributed by atoms with Crippen molar-refractivity contribution in [3.63, 3.8) is 0 Å². The summed E-state index contributed by atoms with van der Waals surface area (Å²) in [7, 11) is 0. The number of allylic oxidation sites excluding steroid dienone is 5. The van der Waals surface area contributed by atoms with Gasteiger partial charge in [-0.3, -0.25) is 14.4 Å². The van der Waals surface area contributed by atoms with E-state index in [9.17, 15) is 19.5 Å². The summed E-state index contributed by atoms with van der Waals surface area (Å²) in [5.74, 6) is -1.30. The summed E-state index contributed by atoms with van der Waals surface area (Å²) in [5, 5.41) is 17.3. The van der Waals surface area contributed by atoms with E-state index < -0.39 is 5.78 Å². The predicted octanol–water partition coefficient (Wildman–Crippen LogP) is 8.83. The zero-order chi connectivity index (χ0) is 36.2. The highest BCUT2D eigenvalue weighted by atomic mass is 16.3. The van der Waals surface area contributed by atoms with Gasteiger partial charge in [0.15, 0.2) is 0 Å². The van der Waals surface area contributed by atoms with E-state index in [2.05, 4.69) is 10.6 Å². The number of hydrogen-bond donors (Lipinski definition) is 3. The number of Topliss-reactive ketones (excluding diaryl/α,β-unsaturated/α-hetero) is 1. The summed E-state index contributed by atoms with van der Waals surface area (Å²) in [4.78, 5) is 41.0. The fourth-order valence-corrected chi connectivity index (χ4v) is 6.47. The summed E-state index contributed by atoms with van der Waals surface area (Å²) >= 11 is 0. The van der Waals surface area contributed by atoms with E-state index in [1.165, 1.54) is 13.8 Å². The Hall–Kier alpha value is -7.06. The lowest BCUT2D eigenvalue weighted by molar-refractivity contribution is -0.118. The van der Waals surface area contributed by atoms with Gasteiger partial charge in [0, 0.05) is 78.5 Å². The fraction of sp³-hybridized carbons (Fsp3) is 0.0455. The zero-order valence-electron chi connectivity index (χ0n) is 28.6. The maximum Gasteiger partial charge on any atom is 0.221 e. The highest BCUT2D eigenvalue weighted by Crippen LogP contribution is 2.44. The van der Waals surface area contributed by atoms with E-state index >= 15 is 0 Å². The molecule has 8 nitrogen and oxygen atoms in total. The number of hydrogen-bond acceptors (Lipinski definition) is 5. The molecule has 2 aliphatic rings. The molecule has 5 aromatic carbocycles. The lowest BCUT2D eigenvalue weighted by Crippen LogP contribution is -2.30. The van der Waals surface area contributed by atoms with Crippen molar-refractivity contribution < 1.29 is 19.5 Å². The van der Waals surface area contributed by atoms with E-state index in [-0.39, 0.29) is 28.7 Å². The molecule has 0 radical (unpaired) electrons. The van der Waals surface area contributed by atoms with E-state index in [0.717, 1.165) is 34.1 Å². The Kier molecular flexibility index (Phi) is 9.28. The van der Waals surface area contributed by atoms with E-state index in [1.54, 1.807) is 24.3 Å². The summed E-state index contributed by atoms with van der Waals surface area (Å²) in [6.07, 6.45) is 5.38. The number of ketones is 1. The topological polar surface area (TPSA) is 102 Å². The van der Waals surface area contributed by atoms with Crippen LogP contribution in [0.4, 0.5) is 34.1 Å². The molecule has 5 aromatic rings. The summed E-state index contributed by atoms with van der Waals surface area (Å²) in [5.41, 5.74) is 6.74. The molecule has 2 amide bonds. The van der Waals surface area contributed by atoms with Crippen LogP contribution in [0, 0.1) is 0 Å². The Balaban J connectivity index is 1.34. The lowest BCUT2D eigenvalue weighted by Gasteiger charge is -2.29. The minimum absolute atomic E-state index is 0.0734. The molecule has 0 bridgehead atoms. The van der Waals surface area contributed by atoms with Crippen LogP contribution in [0.15, 0.2) is 180 Å². The minimum Gasteiger partial charge on any atom is -0.506 e. The number of carbonyl (C=O) groups is 3. The van der Waals surface area contributed by atoms with Crippen LogP contribution in [-0.4, -0.2) is 28.4 Å². The SMILES string of the molecule is CC(=O)NC1=CC(=[N+](c2ccccc2)c2ccccc2)C=CC1=C1C(=O)C(c2ccc(N(c3ccccc3)c3ccccc3)cc2NC(C)=O)=C1O. The maximum absolute atomic E-state index is 14.1. The molecule has 0 unspecified atom stereocenters. The Morgan fingerprint density at radius 3 is 1.63 bits per heavy atom. The number of rotatable bonds is 8. The molecule has 254 valence electrons. The van der Waals surface area contributed by atoms with E-state index in [4.69, 9.17) is 0 Å². The molecular formula is C44H35N4O4+. The van der Waals surface area contributed by atoms with Gasteiger partial charge < -0.3 is 20.6 Å². The van der Waals surface area contributed by atoms with Crippen molar-refractivity contribution in [2.45, 2.75) is 13.8 Å². The first-order valence-corrected chi connectivity index (χ1v) is 16.8. The standard InChI is InChI=1S/C44H34N4O4/c1-29(49)45-39-27-35(47(31-15-7-3-8-16-31)32-17-9-4-10-18-32)23-25-37(39)41-43(51)42(44(41)52)38-26-24-36(28-40(38)46-30(2)50)48(33-19-11-5-12-20-33)34-21-13-6-14-22-34/h3-28H,1-2H3,(H2,45,46,49,50,51,52)/p+1. The van der Waals surface area contributed by atoms with E-state index in [1.807, 2.05) is 143 Å². The Labute approximate surface area is 301 Å². The predicted molar refractivity (Wildman–Crippen MR) is 207 cm³/mol. The van der Waals surface area contributed by atoms with Crippen LogP contribution in [-0.2, 0) is 14.4 Å². The van der Waals surface area contributed by atoms with Crippen LogP contribution in [0.2, 0.25) is 0 Å². The second-order valence-corrected chi connectivity index (χ2v) is 12.3. The largest absolute Gasteiger partial charge is 0.506 e. The molecule has 0 aromatic heterocycles. The van der Waals surface area contributed by atoms with Crippen LogP contribution < -0.4 is 20.1 Å². The van der Waals surface area contributed by atoms with Gasteiger partial charge in [-0.1, -0.05) is 72.8 Å². The summed E-state index contributed by atoms with van der Waals surface area (Å²) < 4.78 is 2.04. The van der Waals surface area contributed by atoms with Gasteiger partial charge in [-0.05, 0) is 48.5 Å². The number of aliphatic hydroxyl groups is 1. The highest BCUT2D eigenvalue weighted by Gasteiger charge is 2.40. The molecule has 0 heterocycles. The van der Waals surface area contributed by atoms with Crippen molar-refractivity contribution in [3.8, 4) is 0 Å². The lowest BCUT2D eigenvalue weighted by atomic mass is 9.78. The first kappa shape index (κ1) is 33.4. The Morgan fingerprint density at radius 1 is 0.615 bits per heavy atom. The highest BCUT2D eigenvalue weighted by molar-refractivity contribution is 6.40. The summed E-state index contributed by atoms with van der Waals surface area (Å²) in [6.45, 7) is 2.79. The van der Waals surface area contributed by atoms with Crippen LogP contribution in [0.1, 0.15) is 19.4 Å². The van der Waals surface area contributed by atoms with Crippen LogP contribution in [0.25, 0.3) is 5.57 Å². The van der Waals surface area contributed by atoms with Gasteiger partial charge in [-0.2, -0.15) is 4.58 Å². The molecule has 0 fully saturated rings. The molecular weight excluding hydrogens is 649 g/mol. The van der Waals surface area contributed by atoms with Gasteiger partial charge in [0.2, 0.25) is 34.7 Å². The normalized spacial score (nSPS) is 15.1. The van der Waals surface area contributed by atoms with Gasteiger partial charge in [-0.25, -0.2) is 0 Å². The fourth-order valence-electron chi connectivity index (χ4n) is 6.47. The van der Waals surface area contributed by atoms with Crippen molar-refractivity contribution in [2.75, 3.05) is 10.2 Å². The van der Waals surface area contributed by atoms with Crippen molar-refractivity contribution in [1.29, 1.82) is 0 Å². The van der Waals surface area contributed by atoms with Crippen molar-refractivity contribution >= 4 is 63.0 Å². The van der Waals surface area contributed by atoms with Gasteiger partial charge in [-0.15, -0.1) is 0 Å². The van der Waals surface area contributed by atoms with Crippen LogP contribution in [0.3, 0.4) is 0 Å². The molecule has 0 atom stereocenters. The van der Waals surface area contributed by atoms with Gasteiger partial charge >= 0.3 is 0 Å². The number of nitrogens with one attached hydrogen (secondary N) is 2. The van der Waals surface area contributed by atoms with Crippen molar-refractivity contribution in [1.82, 2.24) is 9.89 Å². The number of para-hydroxylation sites is 4. The number of anilines is 4. The van der Waals surface area contributed by atoms with Gasteiger partial charge in [0.05, 0.1) is 22.5 Å². The molecule has 7 rings (SSSR count). The third-order valence-electron chi connectivity index (χ3n) is 8.67. The second-order valence-electron chi connectivity index (χ2n) is 12.3. The first-order chi connectivity index (χ1) is 25.3. The zero-order valence-corrected chi connectivity index (χ0v) is 28.6. The molecule has 2 aliphatic carbocycles. The molecule has 3 N–H and O–H groups in total. The third kappa shape index (κ3) is 6.60. The maximum atomic E-state index is 14.1. The number of carbonyl (C=O) groups excluding carboxylic acids is 3. The monoisotopic (exact) mass is 683 g/mol. The first-order valence-electron chi connectivity index (χ1n) is 16.8. The molecule has 0 saturated carbocycles. The number of nitrogens with zero attached hydrogens (tertiary/aromatic N) is 2. The molecule has 52 heavy (non-hydrogen) atoms. The van der Waals surface area contributed by atoms with Gasteiger partial charge in [0.1, 0.15) is 5.76 Å². The second kappa shape index (κ2) is 14.4. The number of aliphatic hydroxyl groups excluding tert-OH is 1. The van der Waals surface area contributed by atoms with Crippen molar-refractivity contribution in [2.24, 2.45) is 0 Å². The number of amides is 2.